The molecule has 5 heteroatoms. The van der Waals surface area contributed by atoms with Crippen molar-refractivity contribution in [2.45, 2.75) is 25.9 Å². The molecule has 5 nitrogen and oxygen atoms in total. The number of hydrogen-bond acceptors (Lipinski definition) is 5. The predicted octanol–water partition coefficient (Wildman–Crippen LogP) is 2.28. The van der Waals surface area contributed by atoms with E-state index in [9.17, 15) is 9.90 Å². The number of carbonyl (C=O) groups is 1. The maximum Gasteiger partial charge on any atom is 0.133 e. The number of likely N-dealkylation sites (tertiary alicyclic amines) is 1. The highest BCUT2D eigenvalue weighted by molar-refractivity contribution is 5.84. The summed E-state index contributed by atoms with van der Waals surface area (Å²) in [5, 5.41) is 11.2. The third-order valence-corrected chi connectivity index (χ3v) is 4.67. The number of benzene rings is 1. The van der Waals surface area contributed by atoms with Crippen molar-refractivity contribution in [3.63, 3.8) is 0 Å². The third kappa shape index (κ3) is 4.10. The molecule has 0 bridgehead atoms. The van der Waals surface area contributed by atoms with Gasteiger partial charge in [-0.15, -0.1) is 0 Å². The molecule has 3 rings (SSSR count). The van der Waals surface area contributed by atoms with E-state index in [1.807, 2.05) is 30.3 Å². The van der Waals surface area contributed by atoms with Gasteiger partial charge in [-0.3, -0.25) is 9.78 Å². The third-order valence-electron chi connectivity index (χ3n) is 4.67. The number of ketones is 1. The van der Waals surface area contributed by atoms with Gasteiger partial charge in [-0.05, 0) is 57.1 Å². The topological polar surface area (TPSA) is 62.7 Å². The largest absolute Gasteiger partial charge is 0.490 e. The van der Waals surface area contributed by atoms with Crippen LogP contribution in [0.15, 0.2) is 36.5 Å². The summed E-state index contributed by atoms with van der Waals surface area (Å²) in [5.74, 6) is 1.22. The Bertz CT molecular complexity index is 691. The minimum atomic E-state index is -0.550. The highest BCUT2D eigenvalue weighted by Crippen LogP contribution is 2.24. The lowest BCUT2D eigenvalue weighted by Crippen LogP contribution is -2.41. The number of rotatable bonds is 6. The van der Waals surface area contributed by atoms with Gasteiger partial charge in [-0.2, -0.15) is 0 Å². The second-order valence-electron chi connectivity index (χ2n) is 6.48. The number of pyridine rings is 1. The SMILES string of the molecule is CC(=O)C1CCN(CC(O)COc2cccc3ncccc23)CC1. The lowest BCUT2D eigenvalue weighted by atomic mass is 9.93. The van der Waals surface area contributed by atoms with Crippen LogP contribution in [-0.4, -0.2) is 53.1 Å². The van der Waals surface area contributed by atoms with Gasteiger partial charge < -0.3 is 14.7 Å². The molecule has 0 amide bonds. The van der Waals surface area contributed by atoms with Gasteiger partial charge in [0.15, 0.2) is 0 Å². The van der Waals surface area contributed by atoms with E-state index >= 15 is 0 Å². The lowest BCUT2D eigenvalue weighted by molar-refractivity contribution is -0.122. The first kappa shape index (κ1) is 16.9. The van der Waals surface area contributed by atoms with E-state index in [4.69, 9.17) is 4.74 Å². The van der Waals surface area contributed by atoms with Crippen molar-refractivity contribution in [1.82, 2.24) is 9.88 Å². The summed E-state index contributed by atoms with van der Waals surface area (Å²) in [6.45, 7) is 4.22. The molecule has 24 heavy (non-hydrogen) atoms. The Morgan fingerprint density at radius 3 is 2.88 bits per heavy atom. The fourth-order valence-electron chi connectivity index (χ4n) is 3.26. The van der Waals surface area contributed by atoms with Crippen LogP contribution in [0, 0.1) is 5.92 Å². The summed E-state index contributed by atoms with van der Waals surface area (Å²) in [5.41, 5.74) is 0.885. The van der Waals surface area contributed by atoms with E-state index in [2.05, 4.69) is 9.88 Å². The van der Waals surface area contributed by atoms with Gasteiger partial charge >= 0.3 is 0 Å². The number of piperidine rings is 1. The number of ether oxygens (including phenoxy) is 1. The van der Waals surface area contributed by atoms with Crippen LogP contribution in [0.25, 0.3) is 10.9 Å². The van der Waals surface area contributed by atoms with Crippen LogP contribution in [0.2, 0.25) is 0 Å². The Balaban J connectivity index is 1.51. The van der Waals surface area contributed by atoms with Crippen LogP contribution in [0.5, 0.6) is 5.75 Å². The zero-order chi connectivity index (χ0) is 16.9. The molecule has 1 N–H and O–H groups in total. The first-order chi connectivity index (χ1) is 11.6. The van der Waals surface area contributed by atoms with Crippen LogP contribution < -0.4 is 4.74 Å². The van der Waals surface area contributed by atoms with E-state index in [1.54, 1.807) is 13.1 Å². The fourth-order valence-corrected chi connectivity index (χ4v) is 3.26. The Morgan fingerprint density at radius 2 is 2.12 bits per heavy atom. The Morgan fingerprint density at radius 1 is 1.33 bits per heavy atom. The average molecular weight is 328 g/mol. The number of Topliss-reactive ketones (excluding diaryl/α,β-unsaturated/α-hetero) is 1. The molecule has 0 radical (unpaired) electrons. The van der Waals surface area contributed by atoms with Crippen LogP contribution in [0.1, 0.15) is 19.8 Å². The van der Waals surface area contributed by atoms with Gasteiger partial charge in [0.1, 0.15) is 24.2 Å². The molecular weight excluding hydrogens is 304 g/mol. The molecule has 1 aromatic heterocycles. The van der Waals surface area contributed by atoms with Crippen molar-refractivity contribution in [1.29, 1.82) is 0 Å². The predicted molar refractivity (Wildman–Crippen MR) is 93.1 cm³/mol. The molecule has 1 aliphatic rings. The van der Waals surface area contributed by atoms with E-state index in [0.717, 1.165) is 42.6 Å². The normalized spacial score (nSPS) is 17.8. The number of aromatic nitrogens is 1. The van der Waals surface area contributed by atoms with Crippen LogP contribution in [0.3, 0.4) is 0 Å². The summed E-state index contributed by atoms with van der Waals surface area (Å²) in [7, 11) is 0. The highest BCUT2D eigenvalue weighted by Gasteiger charge is 2.23. The second kappa shape index (κ2) is 7.73. The van der Waals surface area contributed by atoms with Crippen molar-refractivity contribution < 1.29 is 14.6 Å². The summed E-state index contributed by atoms with van der Waals surface area (Å²) in [4.78, 5) is 17.9. The van der Waals surface area contributed by atoms with Gasteiger partial charge in [0.05, 0.1) is 5.52 Å². The van der Waals surface area contributed by atoms with Crippen LogP contribution in [0.4, 0.5) is 0 Å². The first-order valence-corrected chi connectivity index (χ1v) is 8.51. The van der Waals surface area contributed by atoms with Crippen LogP contribution in [-0.2, 0) is 4.79 Å². The molecule has 1 saturated heterocycles. The van der Waals surface area contributed by atoms with Gasteiger partial charge in [-0.1, -0.05) is 6.07 Å². The van der Waals surface area contributed by atoms with E-state index in [1.165, 1.54) is 0 Å². The maximum atomic E-state index is 11.4. The summed E-state index contributed by atoms with van der Waals surface area (Å²) >= 11 is 0. The van der Waals surface area contributed by atoms with Crippen molar-refractivity contribution in [2.75, 3.05) is 26.2 Å². The smallest absolute Gasteiger partial charge is 0.133 e. The molecule has 0 saturated carbocycles. The minimum Gasteiger partial charge on any atom is -0.490 e. The number of carbonyl (C=O) groups excluding carboxylic acids is 1. The second-order valence-corrected chi connectivity index (χ2v) is 6.48. The van der Waals surface area contributed by atoms with Crippen molar-refractivity contribution in [3.8, 4) is 5.75 Å². The van der Waals surface area contributed by atoms with Gasteiger partial charge in [0.2, 0.25) is 0 Å². The number of β-amino-alcohol motifs (C(OH)–C–C–N with tert-alkyl or cyclic N) is 1. The molecule has 128 valence electrons. The molecule has 1 unspecified atom stereocenters. The highest BCUT2D eigenvalue weighted by atomic mass is 16.5. The fraction of sp³-hybridized carbons (Fsp3) is 0.474. The summed E-state index contributed by atoms with van der Waals surface area (Å²) < 4.78 is 5.81. The minimum absolute atomic E-state index is 0.192. The average Bonchev–Trinajstić information content (AvgIpc) is 2.60. The van der Waals surface area contributed by atoms with Crippen molar-refractivity contribution in [2.24, 2.45) is 5.92 Å². The van der Waals surface area contributed by atoms with E-state index < -0.39 is 6.10 Å². The zero-order valence-corrected chi connectivity index (χ0v) is 14.0. The van der Waals surface area contributed by atoms with Crippen molar-refractivity contribution in [3.05, 3.63) is 36.5 Å². The molecule has 1 atom stereocenters. The van der Waals surface area contributed by atoms with Gasteiger partial charge in [-0.25, -0.2) is 0 Å². The molecule has 1 fully saturated rings. The number of fused-ring (bicyclic) bond motifs is 1. The Kier molecular flexibility index (Phi) is 5.43. The molecule has 2 aromatic rings. The van der Waals surface area contributed by atoms with Gasteiger partial charge in [0, 0.05) is 24.0 Å². The van der Waals surface area contributed by atoms with Gasteiger partial charge in [0.25, 0.3) is 0 Å². The Labute approximate surface area is 142 Å². The number of hydrogen-bond donors (Lipinski definition) is 1. The monoisotopic (exact) mass is 328 g/mol. The molecule has 0 spiro atoms. The molecule has 1 aromatic carbocycles. The Hall–Kier alpha value is -1.98. The van der Waals surface area contributed by atoms with Crippen molar-refractivity contribution >= 4 is 16.7 Å². The summed E-state index contributed by atoms with van der Waals surface area (Å²) in [6, 6.07) is 9.60. The zero-order valence-electron chi connectivity index (χ0n) is 14.0. The van der Waals surface area contributed by atoms with E-state index in [-0.39, 0.29) is 18.3 Å². The lowest BCUT2D eigenvalue weighted by Gasteiger charge is -2.32. The maximum absolute atomic E-state index is 11.4. The molecule has 2 heterocycles. The quantitative estimate of drug-likeness (QED) is 0.881. The number of aliphatic hydroxyl groups is 1. The molecule has 0 aliphatic carbocycles. The summed E-state index contributed by atoms with van der Waals surface area (Å²) in [6.07, 6.45) is 2.98. The van der Waals surface area contributed by atoms with E-state index in [0.29, 0.717) is 6.54 Å². The molecule has 1 aliphatic heterocycles. The molecular formula is C19H24N2O3. The number of aliphatic hydroxyl groups excluding tert-OH is 1. The van der Waals surface area contributed by atoms with Crippen LogP contribution >= 0.6 is 0 Å². The number of nitrogens with zero attached hydrogens (tertiary/aromatic N) is 2. The standard InChI is InChI=1S/C19H24N2O3/c1-14(22)15-7-10-21(11-8-15)12-16(23)13-24-19-6-2-5-18-17(19)4-3-9-20-18/h2-6,9,15-16,23H,7-8,10-13H2,1H3. The first-order valence-electron chi connectivity index (χ1n) is 8.51.